The molecular formula is C15H20F3N3O2. The van der Waals surface area contributed by atoms with Crippen molar-refractivity contribution in [1.29, 1.82) is 0 Å². The van der Waals surface area contributed by atoms with E-state index < -0.39 is 24.0 Å². The summed E-state index contributed by atoms with van der Waals surface area (Å²) in [7, 11) is 0. The van der Waals surface area contributed by atoms with Crippen molar-refractivity contribution in [3.8, 4) is 0 Å². The van der Waals surface area contributed by atoms with E-state index in [-0.39, 0.29) is 6.54 Å². The lowest BCUT2D eigenvalue weighted by molar-refractivity contribution is -0.274. The molecule has 2 aromatic heterocycles. The predicted octanol–water partition coefficient (Wildman–Crippen LogP) is 2.86. The summed E-state index contributed by atoms with van der Waals surface area (Å²) in [5.74, 6) is -0.166. The van der Waals surface area contributed by atoms with E-state index in [1.807, 2.05) is 13.8 Å². The minimum absolute atomic E-state index is 0.0280. The van der Waals surface area contributed by atoms with Gasteiger partial charge in [-0.25, -0.2) is 0 Å². The van der Waals surface area contributed by atoms with E-state index in [1.54, 1.807) is 0 Å². The maximum Gasteiger partial charge on any atom is 0.424 e. The second kappa shape index (κ2) is 6.37. The summed E-state index contributed by atoms with van der Waals surface area (Å²) in [6, 6.07) is 2.56. The first-order chi connectivity index (χ1) is 10.6. The van der Waals surface area contributed by atoms with Crippen LogP contribution in [0.5, 0.6) is 0 Å². The third kappa shape index (κ3) is 3.59. The molecule has 128 valence electrons. The maximum atomic E-state index is 13.3. The van der Waals surface area contributed by atoms with Crippen LogP contribution in [0.4, 0.5) is 13.2 Å². The second-order valence-corrected chi connectivity index (χ2v) is 5.61. The predicted molar refractivity (Wildman–Crippen MR) is 77.8 cm³/mol. The summed E-state index contributed by atoms with van der Waals surface area (Å²) >= 11 is 0. The standard InChI is InChI=1S/C15H20F3N3O2/c1-9-4-5-13(23-9)14(22,15(16,17)18)6-7-19-8-12-10(2)20-21-11(12)3/h4-5,19,22H,6-8H2,1-3H3,(H,20,21). The number of furan rings is 1. The third-order valence-corrected chi connectivity index (χ3v) is 3.86. The number of rotatable bonds is 6. The van der Waals surface area contributed by atoms with Crippen molar-refractivity contribution in [3.63, 3.8) is 0 Å². The van der Waals surface area contributed by atoms with Gasteiger partial charge in [-0.15, -0.1) is 0 Å². The normalized spacial score (nSPS) is 14.9. The van der Waals surface area contributed by atoms with Gasteiger partial charge in [-0.3, -0.25) is 5.10 Å². The minimum atomic E-state index is -4.82. The number of H-pyrrole nitrogens is 1. The molecule has 0 radical (unpaired) electrons. The van der Waals surface area contributed by atoms with E-state index in [2.05, 4.69) is 15.5 Å². The molecular weight excluding hydrogens is 311 g/mol. The van der Waals surface area contributed by atoms with Crippen LogP contribution in [0.1, 0.15) is 34.9 Å². The first kappa shape index (κ1) is 17.6. The number of nitrogens with one attached hydrogen (secondary N) is 2. The summed E-state index contributed by atoms with van der Waals surface area (Å²) in [5, 5.41) is 19.9. The van der Waals surface area contributed by atoms with Crippen molar-refractivity contribution in [1.82, 2.24) is 15.5 Å². The van der Waals surface area contributed by atoms with Gasteiger partial charge in [0.25, 0.3) is 0 Å². The van der Waals surface area contributed by atoms with Gasteiger partial charge in [-0.2, -0.15) is 18.3 Å². The first-order valence-electron chi connectivity index (χ1n) is 7.22. The highest BCUT2D eigenvalue weighted by Crippen LogP contribution is 2.42. The summed E-state index contributed by atoms with van der Waals surface area (Å²) in [6.45, 7) is 5.54. The molecule has 2 rings (SSSR count). The summed E-state index contributed by atoms with van der Waals surface area (Å²) in [4.78, 5) is 0. The molecule has 0 aromatic carbocycles. The van der Waals surface area contributed by atoms with Crippen molar-refractivity contribution in [2.45, 2.75) is 45.5 Å². The summed E-state index contributed by atoms with van der Waals surface area (Å²) < 4.78 is 44.8. The molecule has 0 aliphatic heterocycles. The largest absolute Gasteiger partial charge is 0.463 e. The zero-order valence-corrected chi connectivity index (χ0v) is 13.2. The van der Waals surface area contributed by atoms with Crippen molar-refractivity contribution < 1.29 is 22.7 Å². The molecule has 23 heavy (non-hydrogen) atoms. The number of hydrogen-bond donors (Lipinski definition) is 3. The van der Waals surface area contributed by atoms with Crippen molar-refractivity contribution in [3.05, 3.63) is 40.6 Å². The van der Waals surface area contributed by atoms with Gasteiger partial charge in [0.1, 0.15) is 11.5 Å². The summed E-state index contributed by atoms with van der Waals surface area (Å²) in [6.07, 6.45) is -5.36. The maximum absolute atomic E-state index is 13.3. The number of aliphatic hydroxyl groups is 1. The zero-order chi connectivity index (χ0) is 17.3. The molecule has 0 bridgehead atoms. The Bertz CT molecular complexity index is 644. The first-order valence-corrected chi connectivity index (χ1v) is 7.22. The Morgan fingerprint density at radius 2 is 1.96 bits per heavy atom. The fraction of sp³-hybridized carbons (Fsp3) is 0.533. The lowest BCUT2D eigenvalue weighted by atomic mass is 9.95. The fourth-order valence-corrected chi connectivity index (χ4v) is 2.38. The van der Waals surface area contributed by atoms with Crippen LogP contribution in [0.25, 0.3) is 0 Å². The lowest BCUT2D eigenvalue weighted by Gasteiger charge is -2.28. The van der Waals surface area contributed by atoms with Gasteiger partial charge in [-0.05, 0) is 39.4 Å². The van der Waals surface area contributed by atoms with E-state index in [4.69, 9.17) is 4.42 Å². The fourth-order valence-electron chi connectivity index (χ4n) is 2.38. The van der Waals surface area contributed by atoms with E-state index >= 15 is 0 Å². The number of hydrogen-bond acceptors (Lipinski definition) is 4. The quantitative estimate of drug-likeness (QED) is 0.712. The van der Waals surface area contributed by atoms with Crippen LogP contribution in [-0.4, -0.2) is 28.0 Å². The van der Waals surface area contributed by atoms with Crippen LogP contribution < -0.4 is 5.32 Å². The van der Waals surface area contributed by atoms with Gasteiger partial charge in [0.15, 0.2) is 0 Å². The molecule has 0 saturated heterocycles. The van der Waals surface area contributed by atoms with Crippen molar-refractivity contribution in [2.75, 3.05) is 6.54 Å². The van der Waals surface area contributed by atoms with E-state index in [1.165, 1.54) is 13.0 Å². The highest BCUT2D eigenvalue weighted by Gasteiger charge is 2.56. The number of nitrogens with zero attached hydrogens (tertiary/aromatic N) is 1. The van der Waals surface area contributed by atoms with Gasteiger partial charge < -0.3 is 14.8 Å². The molecule has 0 aliphatic rings. The topological polar surface area (TPSA) is 74.1 Å². The Hall–Kier alpha value is -1.80. The number of halogens is 3. The van der Waals surface area contributed by atoms with E-state index in [0.717, 1.165) is 23.0 Å². The Morgan fingerprint density at radius 1 is 1.26 bits per heavy atom. The van der Waals surface area contributed by atoms with Crippen LogP contribution >= 0.6 is 0 Å². The zero-order valence-electron chi connectivity index (χ0n) is 13.2. The van der Waals surface area contributed by atoms with Gasteiger partial charge in [-0.1, -0.05) is 0 Å². The number of aromatic nitrogens is 2. The smallest absolute Gasteiger partial charge is 0.424 e. The molecule has 3 N–H and O–H groups in total. The number of aryl methyl sites for hydroxylation is 3. The minimum Gasteiger partial charge on any atom is -0.463 e. The van der Waals surface area contributed by atoms with Crippen LogP contribution in [0.2, 0.25) is 0 Å². The molecule has 0 spiro atoms. The van der Waals surface area contributed by atoms with E-state index in [9.17, 15) is 18.3 Å². The average Bonchev–Trinajstić information content (AvgIpc) is 3.02. The SMILES string of the molecule is Cc1ccc(C(O)(CCNCc2c(C)n[nH]c2C)C(F)(F)F)o1. The van der Waals surface area contributed by atoms with Gasteiger partial charge >= 0.3 is 6.18 Å². The molecule has 2 heterocycles. The number of aromatic amines is 1. The highest BCUT2D eigenvalue weighted by atomic mass is 19.4. The third-order valence-electron chi connectivity index (χ3n) is 3.86. The second-order valence-electron chi connectivity index (χ2n) is 5.61. The van der Waals surface area contributed by atoms with Crippen LogP contribution in [0, 0.1) is 20.8 Å². The lowest BCUT2D eigenvalue weighted by Crippen LogP contribution is -2.44. The van der Waals surface area contributed by atoms with Gasteiger partial charge in [0.05, 0.1) is 5.69 Å². The Labute approximate surface area is 131 Å². The molecule has 8 heteroatoms. The Morgan fingerprint density at radius 3 is 2.43 bits per heavy atom. The Balaban J connectivity index is 2.03. The summed E-state index contributed by atoms with van der Waals surface area (Å²) in [5.41, 5.74) is -0.436. The number of alkyl halides is 3. The molecule has 0 aliphatic carbocycles. The van der Waals surface area contributed by atoms with Gasteiger partial charge in [0.2, 0.25) is 5.60 Å². The van der Waals surface area contributed by atoms with Crippen molar-refractivity contribution in [2.24, 2.45) is 0 Å². The molecule has 1 unspecified atom stereocenters. The molecule has 0 amide bonds. The monoisotopic (exact) mass is 331 g/mol. The molecule has 0 fully saturated rings. The molecule has 0 saturated carbocycles. The van der Waals surface area contributed by atoms with Crippen LogP contribution in [0.3, 0.4) is 0 Å². The highest BCUT2D eigenvalue weighted by molar-refractivity contribution is 5.22. The average molecular weight is 331 g/mol. The molecule has 2 aromatic rings. The van der Waals surface area contributed by atoms with Crippen LogP contribution in [-0.2, 0) is 12.1 Å². The van der Waals surface area contributed by atoms with Crippen molar-refractivity contribution >= 4 is 0 Å². The van der Waals surface area contributed by atoms with Gasteiger partial charge in [0, 0.05) is 24.2 Å². The molecule has 5 nitrogen and oxygen atoms in total. The van der Waals surface area contributed by atoms with E-state index in [0.29, 0.717) is 12.3 Å². The van der Waals surface area contributed by atoms with Crippen LogP contribution in [0.15, 0.2) is 16.5 Å². The molecule has 1 atom stereocenters. The Kier molecular flexibility index (Phi) is 4.86.